The van der Waals surface area contributed by atoms with E-state index in [-0.39, 0.29) is 23.4 Å². The molecule has 0 saturated carbocycles. The van der Waals surface area contributed by atoms with Crippen LogP contribution in [-0.2, 0) is 4.79 Å². The molecule has 2 atom stereocenters. The number of Topliss-reactive ketones (excluding diaryl/α,β-unsaturated/α-hetero) is 1. The first kappa shape index (κ1) is 11.8. The van der Waals surface area contributed by atoms with Crippen molar-refractivity contribution in [1.82, 2.24) is 0 Å². The van der Waals surface area contributed by atoms with Gasteiger partial charge in [-0.15, -0.1) is 6.58 Å². The monoisotopic (exact) mass is 182 g/mol. The highest BCUT2D eigenvalue weighted by molar-refractivity contribution is 5.94. The lowest BCUT2D eigenvalue weighted by molar-refractivity contribution is -0.114. The number of hydrogen-bond donors (Lipinski definition) is 2. The first-order chi connectivity index (χ1) is 5.91. The Bertz CT molecular complexity index is 239. The van der Waals surface area contributed by atoms with Crippen molar-refractivity contribution in [3.05, 3.63) is 24.0 Å². The summed E-state index contributed by atoms with van der Waals surface area (Å²) < 4.78 is 0. The van der Waals surface area contributed by atoms with E-state index in [4.69, 9.17) is 11.5 Å². The second-order valence-corrected chi connectivity index (χ2v) is 3.31. The van der Waals surface area contributed by atoms with Crippen molar-refractivity contribution in [2.24, 2.45) is 23.3 Å². The van der Waals surface area contributed by atoms with Crippen LogP contribution in [0.2, 0.25) is 0 Å². The van der Waals surface area contributed by atoms with E-state index in [0.717, 1.165) is 0 Å². The minimum atomic E-state index is -0.0683. The highest BCUT2D eigenvalue weighted by Crippen LogP contribution is 2.22. The van der Waals surface area contributed by atoms with E-state index in [9.17, 15) is 4.79 Å². The molecule has 0 saturated heterocycles. The summed E-state index contributed by atoms with van der Waals surface area (Å²) in [6.45, 7) is 9.04. The summed E-state index contributed by atoms with van der Waals surface area (Å²) in [7, 11) is 0. The third-order valence-electron chi connectivity index (χ3n) is 2.31. The maximum Gasteiger partial charge on any atom is 0.159 e. The predicted octanol–water partition coefficient (Wildman–Crippen LogP) is 1.16. The SMILES string of the molecule is C=CC(C)C(C)C(C(C)=O)=C(N)N. The van der Waals surface area contributed by atoms with E-state index in [1.54, 1.807) is 6.08 Å². The summed E-state index contributed by atoms with van der Waals surface area (Å²) in [5, 5.41) is 0. The van der Waals surface area contributed by atoms with Gasteiger partial charge in [0.05, 0.1) is 0 Å². The van der Waals surface area contributed by atoms with Crippen LogP contribution >= 0.6 is 0 Å². The number of carbonyl (C=O) groups is 1. The topological polar surface area (TPSA) is 69.1 Å². The van der Waals surface area contributed by atoms with Crippen molar-refractivity contribution in [3.63, 3.8) is 0 Å². The van der Waals surface area contributed by atoms with Gasteiger partial charge in [0.1, 0.15) is 5.82 Å². The molecule has 0 aliphatic heterocycles. The molecule has 0 amide bonds. The Labute approximate surface area is 79.5 Å². The van der Waals surface area contributed by atoms with E-state index in [1.807, 2.05) is 13.8 Å². The molecule has 74 valence electrons. The van der Waals surface area contributed by atoms with Gasteiger partial charge in [-0.05, 0) is 18.8 Å². The summed E-state index contributed by atoms with van der Waals surface area (Å²) in [5.74, 6) is 0.274. The zero-order chi connectivity index (χ0) is 10.6. The number of nitrogens with two attached hydrogens (primary N) is 2. The molecule has 4 N–H and O–H groups in total. The Morgan fingerprint density at radius 3 is 2.08 bits per heavy atom. The van der Waals surface area contributed by atoms with Gasteiger partial charge in [-0.2, -0.15) is 0 Å². The molecule has 13 heavy (non-hydrogen) atoms. The predicted molar refractivity (Wildman–Crippen MR) is 54.6 cm³/mol. The average molecular weight is 182 g/mol. The molecule has 0 bridgehead atoms. The van der Waals surface area contributed by atoms with Gasteiger partial charge in [0, 0.05) is 5.57 Å². The van der Waals surface area contributed by atoms with Gasteiger partial charge in [-0.25, -0.2) is 0 Å². The lowest BCUT2D eigenvalue weighted by Crippen LogP contribution is -2.23. The van der Waals surface area contributed by atoms with E-state index >= 15 is 0 Å². The fourth-order valence-electron chi connectivity index (χ4n) is 1.25. The van der Waals surface area contributed by atoms with Crippen LogP contribution in [0.15, 0.2) is 24.0 Å². The van der Waals surface area contributed by atoms with Crippen molar-refractivity contribution >= 4 is 5.78 Å². The maximum atomic E-state index is 11.2. The molecule has 0 spiro atoms. The second-order valence-electron chi connectivity index (χ2n) is 3.31. The highest BCUT2D eigenvalue weighted by atomic mass is 16.1. The van der Waals surface area contributed by atoms with Crippen LogP contribution in [0.1, 0.15) is 20.8 Å². The molecule has 0 aromatic rings. The molecule has 0 heterocycles. The maximum absolute atomic E-state index is 11.2. The van der Waals surface area contributed by atoms with E-state index in [0.29, 0.717) is 5.57 Å². The largest absolute Gasteiger partial charge is 0.385 e. The Balaban J connectivity index is 4.89. The quantitative estimate of drug-likeness (QED) is 0.506. The van der Waals surface area contributed by atoms with Gasteiger partial charge in [0.25, 0.3) is 0 Å². The number of carbonyl (C=O) groups excluding carboxylic acids is 1. The molecule has 0 aliphatic carbocycles. The van der Waals surface area contributed by atoms with Crippen molar-refractivity contribution in [3.8, 4) is 0 Å². The van der Waals surface area contributed by atoms with Crippen LogP contribution in [0.25, 0.3) is 0 Å². The van der Waals surface area contributed by atoms with Gasteiger partial charge in [0.15, 0.2) is 5.78 Å². The molecule has 3 nitrogen and oxygen atoms in total. The van der Waals surface area contributed by atoms with Gasteiger partial charge in [-0.3, -0.25) is 4.79 Å². The van der Waals surface area contributed by atoms with Crippen LogP contribution in [0, 0.1) is 11.8 Å². The third kappa shape index (κ3) is 2.93. The van der Waals surface area contributed by atoms with E-state index < -0.39 is 0 Å². The molecular weight excluding hydrogens is 164 g/mol. The molecule has 0 rings (SSSR count). The highest BCUT2D eigenvalue weighted by Gasteiger charge is 2.19. The van der Waals surface area contributed by atoms with Crippen molar-refractivity contribution in [2.45, 2.75) is 20.8 Å². The van der Waals surface area contributed by atoms with Crippen molar-refractivity contribution in [1.29, 1.82) is 0 Å². The average Bonchev–Trinajstić information content (AvgIpc) is 2.01. The zero-order valence-corrected chi connectivity index (χ0v) is 8.50. The summed E-state index contributed by atoms with van der Waals surface area (Å²) in [6.07, 6.45) is 1.79. The van der Waals surface area contributed by atoms with Gasteiger partial charge < -0.3 is 11.5 Å². The standard InChI is InChI=1S/C10H18N2O/c1-5-6(2)7(3)9(8(4)13)10(11)12/h5-7H,1,11-12H2,2-4H3. The Kier molecular flexibility index (Phi) is 4.25. The van der Waals surface area contributed by atoms with Crippen LogP contribution in [0.4, 0.5) is 0 Å². The fraction of sp³-hybridized carbons (Fsp3) is 0.500. The van der Waals surface area contributed by atoms with Crippen LogP contribution < -0.4 is 11.5 Å². The molecule has 2 unspecified atom stereocenters. The molecule has 0 radical (unpaired) electrons. The zero-order valence-electron chi connectivity index (χ0n) is 8.50. The van der Waals surface area contributed by atoms with Crippen molar-refractivity contribution < 1.29 is 4.79 Å². The van der Waals surface area contributed by atoms with Crippen LogP contribution in [0.3, 0.4) is 0 Å². The number of rotatable bonds is 4. The van der Waals surface area contributed by atoms with Crippen LogP contribution in [0.5, 0.6) is 0 Å². The Morgan fingerprint density at radius 1 is 1.38 bits per heavy atom. The summed E-state index contributed by atoms with van der Waals surface area (Å²) in [4.78, 5) is 11.2. The minimum Gasteiger partial charge on any atom is -0.385 e. The van der Waals surface area contributed by atoms with Gasteiger partial charge >= 0.3 is 0 Å². The Morgan fingerprint density at radius 2 is 1.85 bits per heavy atom. The van der Waals surface area contributed by atoms with E-state index in [2.05, 4.69) is 6.58 Å². The summed E-state index contributed by atoms with van der Waals surface area (Å²) in [6, 6.07) is 0. The molecule has 0 aromatic carbocycles. The van der Waals surface area contributed by atoms with Gasteiger partial charge in [0.2, 0.25) is 0 Å². The molecule has 0 aliphatic rings. The van der Waals surface area contributed by atoms with Crippen LogP contribution in [-0.4, -0.2) is 5.78 Å². The number of allylic oxidation sites excluding steroid dienone is 2. The second kappa shape index (κ2) is 4.70. The smallest absolute Gasteiger partial charge is 0.159 e. The summed E-state index contributed by atoms with van der Waals surface area (Å²) in [5.41, 5.74) is 11.4. The molecule has 3 heteroatoms. The van der Waals surface area contributed by atoms with Gasteiger partial charge in [-0.1, -0.05) is 19.9 Å². The molecular formula is C10H18N2O. The number of ketones is 1. The third-order valence-corrected chi connectivity index (χ3v) is 2.31. The first-order valence-corrected chi connectivity index (χ1v) is 4.30. The Hall–Kier alpha value is -1.25. The minimum absolute atomic E-state index is 0.0278. The fourth-order valence-corrected chi connectivity index (χ4v) is 1.25. The summed E-state index contributed by atoms with van der Waals surface area (Å²) >= 11 is 0. The lowest BCUT2D eigenvalue weighted by atomic mass is 9.87. The molecule has 0 aromatic heterocycles. The molecule has 0 fully saturated rings. The normalized spacial score (nSPS) is 14.4. The number of hydrogen-bond acceptors (Lipinski definition) is 3. The van der Waals surface area contributed by atoms with Crippen molar-refractivity contribution in [2.75, 3.05) is 0 Å². The first-order valence-electron chi connectivity index (χ1n) is 4.30. The van der Waals surface area contributed by atoms with E-state index in [1.165, 1.54) is 6.92 Å². The lowest BCUT2D eigenvalue weighted by Gasteiger charge is -2.18.